The van der Waals surface area contributed by atoms with Gasteiger partial charge in [-0.15, -0.1) is 0 Å². The van der Waals surface area contributed by atoms with Crippen molar-refractivity contribution in [2.75, 3.05) is 12.4 Å². The number of rotatable bonds is 6. The van der Waals surface area contributed by atoms with Gasteiger partial charge in [-0.3, -0.25) is 0 Å². The highest BCUT2D eigenvalue weighted by atomic mass is 35.5. The molecule has 2 aromatic carbocycles. The van der Waals surface area contributed by atoms with Crippen molar-refractivity contribution < 1.29 is 19.1 Å². The summed E-state index contributed by atoms with van der Waals surface area (Å²) >= 11 is 5.89. The predicted octanol–water partition coefficient (Wildman–Crippen LogP) is 4.92. The maximum absolute atomic E-state index is 11.1. The molecule has 0 atom stereocenters. The number of hydrogen-bond donors (Lipinski definition) is 2. The number of anilines is 1. The summed E-state index contributed by atoms with van der Waals surface area (Å²) in [4.78, 5) is 11.1. The highest BCUT2D eigenvalue weighted by Crippen LogP contribution is 2.28. The van der Waals surface area contributed by atoms with Crippen molar-refractivity contribution >= 4 is 23.3 Å². The SMILES string of the molecule is COc1ccc(C(=O)O)cc1NCc1ccc(-c2ccc(Cl)cc2)o1. The lowest BCUT2D eigenvalue weighted by Crippen LogP contribution is -2.03. The van der Waals surface area contributed by atoms with Gasteiger partial charge in [0.15, 0.2) is 0 Å². The Morgan fingerprint density at radius 3 is 2.60 bits per heavy atom. The molecule has 0 aliphatic heterocycles. The monoisotopic (exact) mass is 357 g/mol. The largest absolute Gasteiger partial charge is 0.495 e. The molecule has 1 aromatic heterocycles. The van der Waals surface area contributed by atoms with Crippen molar-refractivity contribution in [3.8, 4) is 17.1 Å². The maximum atomic E-state index is 11.1. The first-order valence-corrected chi connectivity index (χ1v) is 7.94. The summed E-state index contributed by atoms with van der Waals surface area (Å²) in [6, 6.07) is 15.8. The number of nitrogens with one attached hydrogen (secondary N) is 1. The van der Waals surface area contributed by atoms with Crippen LogP contribution in [-0.4, -0.2) is 18.2 Å². The fourth-order valence-electron chi connectivity index (χ4n) is 2.40. The van der Waals surface area contributed by atoms with E-state index in [0.717, 1.165) is 11.3 Å². The van der Waals surface area contributed by atoms with Gasteiger partial charge in [0.05, 0.1) is 24.9 Å². The molecule has 0 aliphatic rings. The summed E-state index contributed by atoms with van der Waals surface area (Å²) in [5, 5.41) is 12.9. The lowest BCUT2D eigenvalue weighted by Gasteiger charge is -2.11. The Bertz CT molecular complexity index is 887. The fraction of sp³-hybridized carbons (Fsp3) is 0.105. The van der Waals surface area contributed by atoms with Crippen LogP contribution in [0.4, 0.5) is 5.69 Å². The molecule has 0 bridgehead atoms. The fourth-order valence-corrected chi connectivity index (χ4v) is 2.53. The molecular weight excluding hydrogens is 342 g/mol. The summed E-state index contributed by atoms with van der Waals surface area (Å²) < 4.78 is 11.1. The van der Waals surface area contributed by atoms with Gasteiger partial charge >= 0.3 is 5.97 Å². The number of furan rings is 1. The van der Waals surface area contributed by atoms with Crippen LogP contribution in [0.3, 0.4) is 0 Å². The van der Waals surface area contributed by atoms with E-state index in [1.807, 2.05) is 24.3 Å². The van der Waals surface area contributed by atoms with Gasteiger partial charge in [0.2, 0.25) is 0 Å². The van der Waals surface area contributed by atoms with E-state index < -0.39 is 5.97 Å². The molecule has 0 radical (unpaired) electrons. The van der Waals surface area contributed by atoms with Crippen LogP contribution >= 0.6 is 11.6 Å². The van der Waals surface area contributed by atoms with Gasteiger partial charge in [0.25, 0.3) is 0 Å². The smallest absolute Gasteiger partial charge is 0.335 e. The van der Waals surface area contributed by atoms with Crippen LogP contribution in [0.1, 0.15) is 16.1 Å². The first-order valence-electron chi connectivity index (χ1n) is 7.56. The predicted molar refractivity (Wildman–Crippen MR) is 96.4 cm³/mol. The third kappa shape index (κ3) is 3.95. The topological polar surface area (TPSA) is 71.7 Å². The number of carboxylic acids is 1. The Kier molecular flexibility index (Phi) is 4.95. The summed E-state index contributed by atoms with van der Waals surface area (Å²) in [6.07, 6.45) is 0. The lowest BCUT2D eigenvalue weighted by atomic mass is 10.2. The zero-order chi connectivity index (χ0) is 17.8. The second-order valence-electron chi connectivity index (χ2n) is 5.35. The first kappa shape index (κ1) is 16.9. The minimum atomic E-state index is -0.992. The Morgan fingerprint density at radius 2 is 1.92 bits per heavy atom. The van der Waals surface area contributed by atoms with E-state index in [4.69, 9.17) is 25.9 Å². The summed E-state index contributed by atoms with van der Waals surface area (Å²) in [7, 11) is 1.53. The van der Waals surface area contributed by atoms with Crippen molar-refractivity contribution in [2.24, 2.45) is 0 Å². The van der Waals surface area contributed by atoms with Crippen molar-refractivity contribution in [1.82, 2.24) is 0 Å². The van der Waals surface area contributed by atoms with Crippen molar-refractivity contribution in [3.05, 3.63) is 70.9 Å². The number of ether oxygens (including phenoxy) is 1. The van der Waals surface area contributed by atoms with Crippen LogP contribution in [0.5, 0.6) is 5.75 Å². The van der Waals surface area contributed by atoms with E-state index in [9.17, 15) is 4.79 Å². The van der Waals surface area contributed by atoms with Gasteiger partial charge in [-0.25, -0.2) is 4.79 Å². The Labute approximate surface area is 149 Å². The third-order valence-corrected chi connectivity index (χ3v) is 3.94. The van der Waals surface area contributed by atoms with Gasteiger partial charge in [0.1, 0.15) is 17.3 Å². The van der Waals surface area contributed by atoms with E-state index in [0.29, 0.717) is 28.8 Å². The van der Waals surface area contributed by atoms with Crippen molar-refractivity contribution in [1.29, 1.82) is 0 Å². The number of hydrogen-bond acceptors (Lipinski definition) is 4. The normalized spacial score (nSPS) is 10.5. The molecule has 2 N–H and O–H groups in total. The Balaban J connectivity index is 1.75. The van der Waals surface area contributed by atoms with Gasteiger partial charge < -0.3 is 19.6 Å². The molecule has 6 heteroatoms. The standard InChI is InChI=1S/C19H16ClNO4/c1-24-18-8-4-13(19(22)23)10-16(18)21-11-15-7-9-17(25-15)12-2-5-14(20)6-3-12/h2-10,21H,11H2,1H3,(H,22,23). The number of benzene rings is 2. The van der Waals surface area contributed by atoms with Crippen LogP contribution in [0.2, 0.25) is 5.02 Å². The van der Waals surface area contributed by atoms with Crippen LogP contribution < -0.4 is 10.1 Å². The van der Waals surface area contributed by atoms with E-state index in [-0.39, 0.29) is 5.56 Å². The Hall–Kier alpha value is -2.92. The van der Waals surface area contributed by atoms with Crippen molar-refractivity contribution in [2.45, 2.75) is 6.54 Å². The molecule has 0 spiro atoms. The number of halogens is 1. The summed E-state index contributed by atoms with van der Waals surface area (Å²) in [6.45, 7) is 0.396. The molecule has 128 valence electrons. The molecule has 25 heavy (non-hydrogen) atoms. The quantitative estimate of drug-likeness (QED) is 0.655. The highest BCUT2D eigenvalue weighted by molar-refractivity contribution is 6.30. The van der Waals surface area contributed by atoms with Gasteiger partial charge in [-0.2, -0.15) is 0 Å². The maximum Gasteiger partial charge on any atom is 0.335 e. The molecule has 0 amide bonds. The summed E-state index contributed by atoms with van der Waals surface area (Å²) in [5.74, 6) is 1.02. The number of aromatic carboxylic acids is 1. The van der Waals surface area contributed by atoms with Gasteiger partial charge in [-0.1, -0.05) is 11.6 Å². The molecule has 5 nitrogen and oxygen atoms in total. The number of methoxy groups -OCH3 is 1. The molecular formula is C19H16ClNO4. The molecule has 0 saturated carbocycles. The zero-order valence-electron chi connectivity index (χ0n) is 13.5. The Morgan fingerprint density at radius 1 is 1.16 bits per heavy atom. The minimum Gasteiger partial charge on any atom is -0.495 e. The number of carboxylic acid groups (broad SMARTS) is 1. The second kappa shape index (κ2) is 7.32. The van der Waals surface area contributed by atoms with Gasteiger partial charge in [0, 0.05) is 10.6 Å². The van der Waals surface area contributed by atoms with Crippen LogP contribution in [0.15, 0.2) is 59.0 Å². The minimum absolute atomic E-state index is 0.185. The lowest BCUT2D eigenvalue weighted by molar-refractivity contribution is 0.0697. The second-order valence-corrected chi connectivity index (χ2v) is 5.78. The third-order valence-electron chi connectivity index (χ3n) is 3.69. The van der Waals surface area contributed by atoms with Crippen LogP contribution in [0, 0.1) is 0 Å². The molecule has 0 saturated heterocycles. The van der Waals surface area contributed by atoms with Gasteiger partial charge in [-0.05, 0) is 54.6 Å². The highest BCUT2D eigenvalue weighted by Gasteiger charge is 2.10. The average Bonchev–Trinajstić information content (AvgIpc) is 3.09. The molecule has 3 rings (SSSR count). The molecule has 0 aliphatic carbocycles. The molecule has 3 aromatic rings. The first-order chi connectivity index (χ1) is 12.1. The van der Waals surface area contributed by atoms with Crippen molar-refractivity contribution in [3.63, 3.8) is 0 Å². The summed E-state index contributed by atoms with van der Waals surface area (Å²) in [5.41, 5.74) is 1.71. The van der Waals surface area contributed by atoms with Crippen LogP contribution in [0.25, 0.3) is 11.3 Å². The van der Waals surface area contributed by atoms with E-state index in [1.165, 1.54) is 19.2 Å². The number of carbonyl (C=O) groups is 1. The zero-order valence-corrected chi connectivity index (χ0v) is 14.2. The van der Waals surface area contributed by atoms with E-state index >= 15 is 0 Å². The van der Waals surface area contributed by atoms with Crippen LogP contribution in [-0.2, 0) is 6.54 Å². The van der Waals surface area contributed by atoms with E-state index in [2.05, 4.69) is 5.32 Å². The van der Waals surface area contributed by atoms with E-state index in [1.54, 1.807) is 18.2 Å². The molecule has 1 heterocycles. The average molecular weight is 358 g/mol. The molecule has 0 fully saturated rings. The molecule has 0 unspecified atom stereocenters.